The molecule has 3 aromatic rings. The molecule has 3 rings (SSSR count). The Labute approximate surface area is 143 Å². The molecule has 0 saturated heterocycles. The Bertz CT molecular complexity index is 839. The van der Waals surface area contributed by atoms with Crippen molar-refractivity contribution in [2.45, 2.75) is 40.2 Å². The molecule has 0 amide bonds. The van der Waals surface area contributed by atoms with Gasteiger partial charge in [0.05, 0.1) is 5.41 Å². The Balaban J connectivity index is 2.14. The van der Waals surface area contributed by atoms with Crippen molar-refractivity contribution in [3.05, 3.63) is 60.2 Å². The van der Waals surface area contributed by atoms with E-state index in [9.17, 15) is 4.79 Å². The van der Waals surface area contributed by atoms with E-state index in [4.69, 9.17) is 4.74 Å². The summed E-state index contributed by atoms with van der Waals surface area (Å²) in [7, 11) is 0. The van der Waals surface area contributed by atoms with Crippen molar-refractivity contribution in [1.82, 2.24) is 0 Å². The lowest BCUT2D eigenvalue weighted by molar-refractivity contribution is -0.159. The number of hydrogen-bond acceptors (Lipinski definition) is 2. The molecule has 1 unspecified atom stereocenters. The zero-order valence-electron chi connectivity index (χ0n) is 14.8. The summed E-state index contributed by atoms with van der Waals surface area (Å²) in [5.74, 6) is -0.144. The predicted molar refractivity (Wildman–Crippen MR) is 100 cm³/mol. The van der Waals surface area contributed by atoms with Crippen molar-refractivity contribution in [3.63, 3.8) is 0 Å². The van der Waals surface area contributed by atoms with E-state index in [1.807, 2.05) is 52.0 Å². The fourth-order valence-electron chi connectivity index (χ4n) is 3.01. The van der Waals surface area contributed by atoms with Crippen LogP contribution < -0.4 is 0 Å². The van der Waals surface area contributed by atoms with E-state index in [1.165, 1.54) is 10.8 Å². The van der Waals surface area contributed by atoms with Crippen LogP contribution in [-0.4, -0.2) is 5.97 Å². The van der Waals surface area contributed by atoms with Crippen LogP contribution in [0.1, 0.15) is 45.8 Å². The maximum Gasteiger partial charge on any atom is 0.312 e. The topological polar surface area (TPSA) is 26.3 Å². The molecule has 0 spiro atoms. The molecule has 0 saturated carbocycles. The molecule has 24 heavy (non-hydrogen) atoms. The highest BCUT2D eigenvalue weighted by Gasteiger charge is 2.29. The number of ether oxygens (including phenoxy) is 1. The monoisotopic (exact) mass is 320 g/mol. The summed E-state index contributed by atoms with van der Waals surface area (Å²) < 4.78 is 5.87. The lowest BCUT2D eigenvalue weighted by Crippen LogP contribution is -2.26. The third-order valence-corrected chi connectivity index (χ3v) is 4.94. The summed E-state index contributed by atoms with van der Waals surface area (Å²) in [4.78, 5) is 12.5. The summed E-state index contributed by atoms with van der Waals surface area (Å²) in [5, 5.41) is 4.63. The fourth-order valence-corrected chi connectivity index (χ4v) is 3.01. The second-order valence-electron chi connectivity index (χ2n) is 7.02. The second kappa shape index (κ2) is 6.27. The summed E-state index contributed by atoms with van der Waals surface area (Å²) in [5.41, 5.74) is 0.623. The van der Waals surface area contributed by atoms with Crippen LogP contribution in [-0.2, 0) is 9.53 Å². The van der Waals surface area contributed by atoms with Gasteiger partial charge in [0.2, 0.25) is 0 Å². The highest BCUT2D eigenvalue weighted by molar-refractivity contribution is 6.02. The van der Waals surface area contributed by atoms with E-state index in [0.29, 0.717) is 0 Å². The zero-order chi connectivity index (χ0) is 17.3. The Morgan fingerprint density at radius 3 is 2.00 bits per heavy atom. The quantitative estimate of drug-likeness (QED) is 0.433. The average molecular weight is 320 g/mol. The lowest BCUT2D eigenvalue weighted by atomic mass is 9.90. The van der Waals surface area contributed by atoms with Gasteiger partial charge in [0, 0.05) is 5.56 Å². The molecular formula is C22H24O2. The second-order valence-corrected chi connectivity index (χ2v) is 7.02. The number of hydrogen-bond donors (Lipinski definition) is 0. The van der Waals surface area contributed by atoms with E-state index in [-0.39, 0.29) is 12.1 Å². The molecule has 3 aromatic carbocycles. The van der Waals surface area contributed by atoms with Crippen LogP contribution in [0.4, 0.5) is 0 Å². The van der Waals surface area contributed by atoms with Gasteiger partial charge in [-0.25, -0.2) is 0 Å². The maximum atomic E-state index is 12.5. The van der Waals surface area contributed by atoms with Gasteiger partial charge in [0.1, 0.15) is 6.10 Å². The van der Waals surface area contributed by atoms with E-state index in [0.717, 1.165) is 22.8 Å². The minimum Gasteiger partial charge on any atom is -0.457 e. The van der Waals surface area contributed by atoms with Crippen LogP contribution in [0, 0.1) is 5.41 Å². The third-order valence-electron chi connectivity index (χ3n) is 4.94. The van der Waals surface area contributed by atoms with Gasteiger partial charge in [0.25, 0.3) is 0 Å². The van der Waals surface area contributed by atoms with Gasteiger partial charge in [-0.3, -0.25) is 4.79 Å². The van der Waals surface area contributed by atoms with Crippen molar-refractivity contribution in [1.29, 1.82) is 0 Å². The highest BCUT2D eigenvalue weighted by atomic mass is 16.5. The van der Waals surface area contributed by atoms with Crippen LogP contribution >= 0.6 is 0 Å². The first kappa shape index (κ1) is 16.5. The van der Waals surface area contributed by atoms with E-state index >= 15 is 0 Å². The molecule has 0 aliphatic carbocycles. The largest absolute Gasteiger partial charge is 0.457 e. The number of rotatable bonds is 4. The predicted octanol–water partition coefficient (Wildman–Crippen LogP) is 6.03. The summed E-state index contributed by atoms with van der Waals surface area (Å²) in [6.07, 6.45) is 0.466. The Hall–Kier alpha value is -2.35. The summed E-state index contributed by atoms with van der Waals surface area (Å²) >= 11 is 0. The SMILES string of the molecule is CCC(C)(C)C(=O)OC(C)c1c2ccccc2cc2ccccc12. The standard InChI is InChI=1S/C22H24O2/c1-5-22(3,4)21(23)24-15(2)20-18-12-8-6-10-16(18)14-17-11-7-9-13-19(17)20/h6-15H,5H2,1-4H3. The molecule has 1 atom stereocenters. The molecule has 0 aromatic heterocycles. The molecule has 0 fully saturated rings. The number of esters is 1. The number of fused-ring (bicyclic) bond motifs is 2. The number of carbonyl (C=O) groups excluding carboxylic acids is 1. The molecule has 0 bridgehead atoms. The van der Waals surface area contributed by atoms with Gasteiger partial charge in [-0.1, -0.05) is 55.5 Å². The van der Waals surface area contributed by atoms with Crippen molar-refractivity contribution < 1.29 is 9.53 Å². The van der Waals surface area contributed by atoms with Crippen molar-refractivity contribution >= 4 is 27.5 Å². The minimum atomic E-state index is -0.464. The normalized spacial score (nSPS) is 13.2. The van der Waals surface area contributed by atoms with Gasteiger partial charge in [-0.2, -0.15) is 0 Å². The van der Waals surface area contributed by atoms with E-state index in [2.05, 4.69) is 30.3 Å². The molecule has 0 radical (unpaired) electrons. The van der Waals surface area contributed by atoms with Gasteiger partial charge in [-0.05, 0) is 54.8 Å². The van der Waals surface area contributed by atoms with Gasteiger partial charge < -0.3 is 4.74 Å². The van der Waals surface area contributed by atoms with Gasteiger partial charge in [0.15, 0.2) is 0 Å². The minimum absolute atomic E-state index is 0.144. The molecular weight excluding hydrogens is 296 g/mol. The van der Waals surface area contributed by atoms with Crippen LogP contribution in [0.15, 0.2) is 54.6 Å². The lowest BCUT2D eigenvalue weighted by Gasteiger charge is -2.25. The van der Waals surface area contributed by atoms with E-state index in [1.54, 1.807) is 0 Å². The molecule has 0 heterocycles. The first-order valence-corrected chi connectivity index (χ1v) is 8.55. The summed E-state index contributed by atoms with van der Waals surface area (Å²) in [6, 6.07) is 18.8. The summed E-state index contributed by atoms with van der Waals surface area (Å²) in [6.45, 7) is 7.85. The molecule has 2 nitrogen and oxygen atoms in total. The smallest absolute Gasteiger partial charge is 0.312 e. The maximum absolute atomic E-state index is 12.5. The van der Waals surface area contributed by atoms with Crippen LogP contribution in [0.2, 0.25) is 0 Å². The first-order chi connectivity index (χ1) is 11.4. The van der Waals surface area contributed by atoms with Crippen molar-refractivity contribution in [2.75, 3.05) is 0 Å². The molecule has 2 heteroatoms. The van der Waals surface area contributed by atoms with Crippen molar-refractivity contribution in [3.8, 4) is 0 Å². The van der Waals surface area contributed by atoms with E-state index < -0.39 is 5.41 Å². The van der Waals surface area contributed by atoms with Crippen LogP contribution in [0.25, 0.3) is 21.5 Å². The highest BCUT2D eigenvalue weighted by Crippen LogP contribution is 2.35. The molecule has 0 aliphatic heterocycles. The Morgan fingerprint density at radius 2 is 1.50 bits per heavy atom. The first-order valence-electron chi connectivity index (χ1n) is 8.55. The number of carbonyl (C=O) groups is 1. The molecule has 0 aliphatic rings. The van der Waals surface area contributed by atoms with Gasteiger partial charge in [-0.15, -0.1) is 0 Å². The third kappa shape index (κ3) is 2.89. The zero-order valence-corrected chi connectivity index (χ0v) is 14.8. The van der Waals surface area contributed by atoms with Gasteiger partial charge >= 0.3 is 5.97 Å². The molecule has 0 N–H and O–H groups in total. The number of benzene rings is 3. The molecule has 124 valence electrons. The van der Waals surface area contributed by atoms with Crippen molar-refractivity contribution in [2.24, 2.45) is 5.41 Å². The van der Waals surface area contributed by atoms with Crippen LogP contribution in [0.5, 0.6) is 0 Å². The Morgan fingerprint density at radius 1 is 1.00 bits per heavy atom. The average Bonchev–Trinajstić information content (AvgIpc) is 2.59. The fraction of sp³-hybridized carbons (Fsp3) is 0.318. The Kier molecular flexibility index (Phi) is 4.31. The van der Waals surface area contributed by atoms with Crippen LogP contribution in [0.3, 0.4) is 0 Å².